The highest BCUT2D eigenvalue weighted by atomic mass is 32.2. The fraction of sp³-hybridized carbons (Fsp3) is 1.00. The smallest absolute Gasteiger partial charge is 0.212 e. The molecule has 2 unspecified atom stereocenters. The van der Waals surface area contributed by atoms with Crippen LogP contribution in [0, 0.1) is 11.8 Å². The van der Waals surface area contributed by atoms with Crippen molar-refractivity contribution < 1.29 is 16.8 Å². The van der Waals surface area contributed by atoms with E-state index >= 15 is 0 Å². The Labute approximate surface area is 162 Å². The minimum Gasteiger partial charge on any atom is -0.212 e. The van der Waals surface area contributed by atoms with Crippen molar-refractivity contribution in [3.63, 3.8) is 0 Å². The van der Waals surface area contributed by atoms with Gasteiger partial charge in [0.1, 0.15) is 0 Å². The van der Waals surface area contributed by atoms with Gasteiger partial charge in [0.25, 0.3) is 0 Å². The summed E-state index contributed by atoms with van der Waals surface area (Å²) in [5.41, 5.74) is -0.457. The molecule has 0 spiro atoms. The van der Waals surface area contributed by atoms with Crippen LogP contribution >= 0.6 is 0 Å². The SMILES string of the molecule is CCS(=O)(=O)N(C)[C@H](C)C(C)CCC(C)S(=O)(=O)N(C)C(C)(C)C(C)C. The van der Waals surface area contributed by atoms with Crippen molar-refractivity contribution in [2.45, 2.75) is 85.1 Å². The van der Waals surface area contributed by atoms with E-state index in [4.69, 9.17) is 0 Å². The summed E-state index contributed by atoms with van der Waals surface area (Å²) in [7, 11) is -3.41. The Kier molecular flexibility index (Phi) is 9.28. The summed E-state index contributed by atoms with van der Waals surface area (Å²) in [6.45, 7) is 15.2. The molecule has 0 rings (SSSR count). The van der Waals surface area contributed by atoms with Gasteiger partial charge in [-0.1, -0.05) is 20.8 Å². The zero-order valence-electron chi connectivity index (χ0n) is 18.3. The first kappa shape index (κ1) is 25.8. The fourth-order valence-electron chi connectivity index (χ4n) is 2.66. The highest BCUT2D eigenvalue weighted by molar-refractivity contribution is 7.89. The van der Waals surface area contributed by atoms with Gasteiger partial charge in [0, 0.05) is 25.7 Å². The molecule has 0 bridgehead atoms. The third kappa shape index (κ3) is 5.91. The number of nitrogens with zero attached hydrogens (tertiary/aromatic N) is 2. The summed E-state index contributed by atoms with van der Waals surface area (Å²) in [4.78, 5) is 0. The average Bonchev–Trinajstić information content (AvgIpc) is 2.56. The van der Waals surface area contributed by atoms with E-state index < -0.39 is 30.8 Å². The molecule has 0 aromatic heterocycles. The molecule has 6 nitrogen and oxygen atoms in total. The third-order valence-corrected chi connectivity index (χ3v) is 10.8. The lowest BCUT2D eigenvalue weighted by Gasteiger charge is -2.39. The molecule has 0 aromatic carbocycles. The Balaban J connectivity index is 5.06. The van der Waals surface area contributed by atoms with E-state index in [-0.39, 0.29) is 23.6 Å². The Hall–Kier alpha value is -0.180. The maximum Gasteiger partial charge on any atom is 0.216 e. The predicted molar refractivity (Wildman–Crippen MR) is 110 cm³/mol. The van der Waals surface area contributed by atoms with E-state index in [9.17, 15) is 16.8 Å². The van der Waals surface area contributed by atoms with E-state index in [1.807, 2.05) is 41.5 Å². The molecule has 0 fully saturated rings. The predicted octanol–water partition coefficient (Wildman–Crippen LogP) is 3.16. The van der Waals surface area contributed by atoms with Crippen LogP contribution in [0.4, 0.5) is 0 Å². The number of sulfonamides is 2. The molecule has 0 aliphatic rings. The molecule has 158 valence electrons. The van der Waals surface area contributed by atoms with Crippen LogP contribution in [0.15, 0.2) is 0 Å². The van der Waals surface area contributed by atoms with Crippen molar-refractivity contribution >= 4 is 20.0 Å². The first-order valence-electron chi connectivity index (χ1n) is 9.46. The maximum atomic E-state index is 12.9. The van der Waals surface area contributed by atoms with Gasteiger partial charge in [-0.2, -0.15) is 4.31 Å². The Morgan fingerprint density at radius 1 is 0.885 bits per heavy atom. The molecule has 0 amide bonds. The summed E-state index contributed by atoms with van der Waals surface area (Å²) >= 11 is 0. The van der Waals surface area contributed by atoms with E-state index in [1.165, 1.54) is 8.61 Å². The summed E-state index contributed by atoms with van der Waals surface area (Å²) in [5, 5.41) is -0.506. The Morgan fingerprint density at radius 2 is 1.35 bits per heavy atom. The summed E-state index contributed by atoms with van der Waals surface area (Å²) < 4.78 is 52.8. The Bertz CT molecular complexity index is 642. The Morgan fingerprint density at radius 3 is 1.73 bits per heavy atom. The van der Waals surface area contributed by atoms with Crippen molar-refractivity contribution in [3.05, 3.63) is 0 Å². The first-order chi connectivity index (χ1) is 11.5. The minimum atomic E-state index is -3.41. The van der Waals surface area contributed by atoms with Crippen molar-refractivity contribution in [1.29, 1.82) is 0 Å². The van der Waals surface area contributed by atoms with E-state index in [2.05, 4.69) is 0 Å². The molecule has 3 atom stereocenters. The van der Waals surface area contributed by atoms with E-state index in [0.29, 0.717) is 12.8 Å². The largest absolute Gasteiger partial charge is 0.216 e. The van der Waals surface area contributed by atoms with Gasteiger partial charge in [0.2, 0.25) is 20.0 Å². The molecule has 0 saturated heterocycles. The number of hydrogen-bond donors (Lipinski definition) is 0. The molecule has 0 heterocycles. The number of rotatable bonds is 11. The van der Waals surface area contributed by atoms with Crippen LogP contribution in [0.25, 0.3) is 0 Å². The minimum absolute atomic E-state index is 0.0699. The quantitative estimate of drug-likeness (QED) is 0.522. The molecule has 0 aromatic rings. The topological polar surface area (TPSA) is 74.8 Å². The molecular formula is C18H40N2O4S2. The summed E-state index contributed by atoms with van der Waals surface area (Å²) in [6.07, 6.45) is 1.16. The second-order valence-electron chi connectivity index (χ2n) is 8.34. The van der Waals surface area contributed by atoms with Gasteiger partial charge in [-0.05, 0) is 59.3 Å². The van der Waals surface area contributed by atoms with Gasteiger partial charge in [-0.15, -0.1) is 0 Å². The zero-order valence-corrected chi connectivity index (χ0v) is 19.9. The van der Waals surface area contributed by atoms with Crippen LogP contribution in [-0.2, 0) is 20.0 Å². The second-order valence-corrected chi connectivity index (χ2v) is 13.0. The second kappa shape index (κ2) is 9.34. The monoisotopic (exact) mass is 412 g/mol. The third-order valence-electron chi connectivity index (χ3n) is 6.34. The molecule has 26 heavy (non-hydrogen) atoms. The van der Waals surface area contributed by atoms with Crippen LogP contribution in [-0.4, -0.2) is 62.1 Å². The maximum absolute atomic E-state index is 12.9. The molecule has 0 saturated carbocycles. The summed E-state index contributed by atoms with van der Waals surface area (Å²) in [6, 6.07) is -0.167. The lowest BCUT2D eigenvalue weighted by Crippen LogP contribution is -2.51. The van der Waals surface area contributed by atoms with Gasteiger partial charge in [0.15, 0.2) is 0 Å². The van der Waals surface area contributed by atoms with Crippen molar-refractivity contribution in [3.8, 4) is 0 Å². The average molecular weight is 413 g/mol. The van der Waals surface area contributed by atoms with Crippen molar-refractivity contribution in [2.24, 2.45) is 11.8 Å². The molecule has 0 N–H and O–H groups in total. The van der Waals surface area contributed by atoms with Crippen LogP contribution in [0.1, 0.15) is 68.2 Å². The van der Waals surface area contributed by atoms with Gasteiger partial charge in [0.05, 0.1) is 11.0 Å². The number of hydrogen-bond acceptors (Lipinski definition) is 4. The molecule has 8 heteroatoms. The highest BCUT2D eigenvalue weighted by Crippen LogP contribution is 2.29. The standard InChI is InChI=1S/C18H40N2O4S2/c1-11-25(21,22)19(9)17(6)15(4)12-13-16(5)26(23,24)20(10)18(7,8)14(2)3/h14-17H,11-13H2,1-10H3/t15?,16?,17-/m1/s1. The highest BCUT2D eigenvalue weighted by Gasteiger charge is 2.38. The molecule has 0 aliphatic carbocycles. The molecule has 0 aliphatic heterocycles. The van der Waals surface area contributed by atoms with Gasteiger partial charge in [-0.25, -0.2) is 21.1 Å². The first-order valence-corrected chi connectivity index (χ1v) is 12.6. The lowest BCUT2D eigenvalue weighted by atomic mass is 9.91. The van der Waals surface area contributed by atoms with Crippen LogP contribution in [0.2, 0.25) is 0 Å². The van der Waals surface area contributed by atoms with Crippen molar-refractivity contribution in [2.75, 3.05) is 19.8 Å². The van der Waals surface area contributed by atoms with Crippen LogP contribution < -0.4 is 0 Å². The van der Waals surface area contributed by atoms with E-state index in [1.54, 1.807) is 27.9 Å². The molecule has 0 radical (unpaired) electrons. The van der Waals surface area contributed by atoms with Crippen LogP contribution in [0.5, 0.6) is 0 Å². The van der Waals surface area contributed by atoms with Crippen LogP contribution in [0.3, 0.4) is 0 Å². The lowest BCUT2D eigenvalue weighted by molar-refractivity contribution is 0.191. The van der Waals surface area contributed by atoms with Gasteiger partial charge in [-0.3, -0.25) is 0 Å². The van der Waals surface area contributed by atoms with Gasteiger partial charge >= 0.3 is 0 Å². The van der Waals surface area contributed by atoms with Gasteiger partial charge < -0.3 is 0 Å². The van der Waals surface area contributed by atoms with Crippen molar-refractivity contribution in [1.82, 2.24) is 8.61 Å². The summed E-state index contributed by atoms with van der Waals surface area (Å²) in [5.74, 6) is 0.337. The normalized spacial score (nSPS) is 17.7. The van der Waals surface area contributed by atoms with E-state index in [0.717, 1.165) is 0 Å². The fourth-order valence-corrected chi connectivity index (χ4v) is 5.63. The molecular weight excluding hydrogens is 372 g/mol. The zero-order chi connectivity index (χ0) is 21.1.